The van der Waals surface area contributed by atoms with E-state index in [1.165, 1.54) is 0 Å². The monoisotopic (exact) mass is 250 g/mol. The number of aliphatic hydroxyl groups is 1. The number of amides is 2. The maximum Gasteiger partial charge on any atom is 0.248 e. The third kappa shape index (κ3) is 4.18. The fraction of sp³-hybridized carbons (Fsp3) is 0.385. The van der Waals surface area contributed by atoms with Crippen molar-refractivity contribution in [2.45, 2.75) is 19.4 Å². The van der Waals surface area contributed by atoms with Crippen molar-refractivity contribution in [3.05, 3.63) is 35.4 Å². The van der Waals surface area contributed by atoms with Gasteiger partial charge < -0.3 is 15.7 Å². The first-order chi connectivity index (χ1) is 8.54. The molecule has 0 spiro atoms. The molecule has 3 N–H and O–H groups in total. The Morgan fingerprint density at radius 3 is 2.39 bits per heavy atom. The molecule has 1 aromatic carbocycles. The van der Waals surface area contributed by atoms with Crippen molar-refractivity contribution in [3.63, 3.8) is 0 Å². The molecule has 0 fully saturated rings. The number of carbonyl (C=O) groups excluding carboxylic acids is 2. The van der Waals surface area contributed by atoms with E-state index in [0.29, 0.717) is 24.9 Å². The van der Waals surface area contributed by atoms with Crippen LogP contribution in [0.2, 0.25) is 0 Å². The summed E-state index contributed by atoms with van der Waals surface area (Å²) < 4.78 is 0. The zero-order chi connectivity index (χ0) is 13.5. The van der Waals surface area contributed by atoms with Gasteiger partial charge in [-0.25, -0.2) is 0 Å². The summed E-state index contributed by atoms with van der Waals surface area (Å²) in [7, 11) is 1.71. The largest absolute Gasteiger partial charge is 0.396 e. The van der Waals surface area contributed by atoms with Gasteiger partial charge in [0.1, 0.15) is 0 Å². The topological polar surface area (TPSA) is 83.6 Å². The van der Waals surface area contributed by atoms with Crippen LogP contribution >= 0.6 is 0 Å². The van der Waals surface area contributed by atoms with Crippen LogP contribution in [0.3, 0.4) is 0 Å². The molecule has 2 amide bonds. The number of aliphatic hydroxyl groups excluding tert-OH is 1. The molecule has 0 saturated carbocycles. The van der Waals surface area contributed by atoms with Crippen LogP contribution in [0.25, 0.3) is 0 Å². The number of nitrogens with zero attached hydrogens (tertiary/aromatic N) is 1. The highest BCUT2D eigenvalue weighted by Gasteiger charge is 2.09. The quantitative estimate of drug-likeness (QED) is 0.772. The number of nitrogens with two attached hydrogens (primary N) is 1. The van der Waals surface area contributed by atoms with Crippen molar-refractivity contribution >= 4 is 11.8 Å². The van der Waals surface area contributed by atoms with Crippen LogP contribution in [-0.2, 0) is 11.3 Å². The van der Waals surface area contributed by atoms with Crippen LogP contribution in [0, 0.1) is 0 Å². The lowest BCUT2D eigenvalue weighted by Gasteiger charge is -2.17. The van der Waals surface area contributed by atoms with E-state index in [1.807, 2.05) is 0 Å². The molecule has 18 heavy (non-hydrogen) atoms. The van der Waals surface area contributed by atoms with Gasteiger partial charge in [0, 0.05) is 32.2 Å². The van der Waals surface area contributed by atoms with Crippen molar-refractivity contribution in [3.8, 4) is 0 Å². The maximum absolute atomic E-state index is 11.6. The van der Waals surface area contributed by atoms with E-state index < -0.39 is 5.91 Å². The predicted molar refractivity (Wildman–Crippen MR) is 67.8 cm³/mol. The Morgan fingerprint density at radius 1 is 1.28 bits per heavy atom. The maximum atomic E-state index is 11.6. The van der Waals surface area contributed by atoms with Gasteiger partial charge >= 0.3 is 0 Å². The highest BCUT2D eigenvalue weighted by Crippen LogP contribution is 2.07. The molecule has 5 nitrogen and oxygen atoms in total. The average molecular weight is 250 g/mol. The summed E-state index contributed by atoms with van der Waals surface area (Å²) in [5.41, 5.74) is 6.52. The van der Waals surface area contributed by atoms with E-state index >= 15 is 0 Å². The molecular weight excluding hydrogens is 232 g/mol. The Hall–Kier alpha value is -1.88. The fourth-order valence-electron chi connectivity index (χ4n) is 1.56. The number of rotatable bonds is 6. The number of primary amides is 1. The summed E-state index contributed by atoms with van der Waals surface area (Å²) in [5.74, 6) is -0.475. The molecule has 1 rings (SSSR count). The minimum Gasteiger partial charge on any atom is -0.396 e. The van der Waals surface area contributed by atoms with Crippen molar-refractivity contribution < 1.29 is 14.7 Å². The zero-order valence-electron chi connectivity index (χ0n) is 10.4. The molecule has 0 unspecified atom stereocenters. The molecule has 1 aromatic rings. The second kappa shape index (κ2) is 6.76. The van der Waals surface area contributed by atoms with Gasteiger partial charge in [-0.1, -0.05) is 12.1 Å². The SMILES string of the molecule is CN(Cc1ccc(C(N)=O)cc1)C(=O)CCCO. The summed E-state index contributed by atoms with van der Waals surface area (Å²) in [4.78, 5) is 24.1. The zero-order valence-corrected chi connectivity index (χ0v) is 10.4. The standard InChI is InChI=1S/C13H18N2O3/c1-15(12(17)3-2-8-16)9-10-4-6-11(7-5-10)13(14)18/h4-7,16H,2-3,8-9H2,1H3,(H2,14,18). The lowest BCUT2D eigenvalue weighted by atomic mass is 10.1. The van der Waals surface area contributed by atoms with E-state index in [0.717, 1.165) is 5.56 Å². The van der Waals surface area contributed by atoms with Gasteiger partial charge in [-0.15, -0.1) is 0 Å². The molecule has 0 aromatic heterocycles. The van der Waals surface area contributed by atoms with E-state index in [9.17, 15) is 9.59 Å². The van der Waals surface area contributed by atoms with Crippen LogP contribution in [0.5, 0.6) is 0 Å². The van der Waals surface area contributed by atoms with Crippen molar-refractivity contribution in [1.29, 1.82) is 0 Å². The van der Waals surface area contributed by atoms with Crippen LogP contribution < -0.4 is 5.73 Å². The Morgan fingerprint density at radius 2 is 1.89 bits per heavy atom. The molecule has 5 heteroatoms. The predicted octanol–water partition coefficient (Wildman–Crippen LogP) is 0.516. The van der Waals surface area contributed by atoms with Crippen molar-refractivity contribution in [2.75, 3.05) is 13.7 Å². The van der Waals surface area contributed by atoms with Gasteiger partial charge in [-0.3, -0.25) is 9.59 Å². The minimum absolute atomic E-state index is 0.0111. The van der Waals surface area contributed by atoms with Gasteiger partial charge in [0.25, 0.3) is 0 Å². The normalized spacial score (nSPS) is 10.1. The first-order valence-electron chi connectivity index (χ1n) is 5.78. The summed E-state index contributed by atoms with van der Waals surface area (Å²) in [6.45, 7) is 0.496. The summed E-state index contributed by atoms with van der Waals surface area (Å²) in [6, 6.07) is 6.83. The molecule has 0 aliphatic rings. The summed E-state index contributed by atoms with van der Waals surface area (Å²) >= 11 is 0. The number of carbonyl (C=O) groups is 2. The second-order valence-corrected chi connectivity index (χ2v) is 4.14. The minimum atomic E-state index is -0.464. The fourth-order valence-corrected chi connectivity index (χ4v) is 1.56. The molecule has 0 bridgehead atoms. The number of hydrogen-bond donors (Lipinski definition) is 2. The molecule has 0 atom stereocenters. The highest BCUT2D eigenvalue weighted by molar-refractivity contribution is 5.92. The average Bonchev–Trinajstić information content (AvgIpc) is 2.36. The lowest BCUT2D eigenvalue weighted by molar-refractivity contribution is -0.130. The van der Waals surface area contributed by atoms with Crippen molar-refractivity contribution in [2.24, 2.45) is 5.73 Å². The summed E-state index contributed by atoms with van der Waals surface area (Å²) in [6.07, 6.45) is 0.816. The van der Waals surface area contributed by atoms with E-state index in [-0.39, 0.29) is 12.5 Å². The number of benzene rings is 1. The number of hydrogen-bond acceptors (Lipinski definition) is 3. The lowest BCUT2D eigenvalue weighted by Crippen LogP contribution is -2.26. The van der Waals surface area contributed by atoms with Gasteiger partial charge in [-0.2, -0.15) is 0 Å². The van der Waals surface area contributed by atoms with Gasteiger partial charge in [0.2, 0.25) is 11.8 Å². The second-order valence-electron chi connectivity index (χ2n) is 4.14. The molecule has 0 saturated heterocycles. The Balaban J connectivity index is 2.56. The highest BCUT2D eigenvalue weighted by atomic mass is 16.3. The molecule has 0 aliphatic heterocycles. The first-order valence-corrected chi connectivity index (χ1v) is 5.78. The van der Waals surface area contributed by atoms with Gasteiger partial charge in [-0.05, 0) is 24.1 Å². The molecule has 0 aliphatic carbocycles. The molecule has 0 heterocycles. The van der Waals surface area contributed by atoms with Crippen molar-refractivity contribution in [1.82, 2.24) is 4.90 Å². The van der Waals surface area contributed by atoms with Crippen LogP contribution in [0.15, 0.2) is 24.3 Å². The smallest absolute Gasteiger partial charge is 0.248 e. The Kier molecular flexibility index (Phi) is 5.32. The van der Waals surface area contributed by atoms with E-state index in [1.54, 1.807) is 36.2 Å². The van der Waals surface area contributed by atoms with Gasteiger partial charge in [0.05, 0.1) is 0 Å². The van der Waals surface area contributed by atoms with E-state index in [4.69, 9.17) is 10.8 Å². The Labute approximate surface area is 106 Å². The summed E-state index contributed by atoms with van der Waals surface area (Å²) in [5, 5.41) is 8.65. The molecular formula is C13H18N2O3. The van der Waals surface area contributed by atoms with E-state index in [2.05, 4.69) is 0 Å². The van der Waals surface area contributed by atoms with Gasteiger partial charge in [0.15, 0.2) is 0 Å². The Bertz CT molecular complexity index is 415. The first kappa shape index (κ1) is 14.2. The molecule has 0 radical (unpaired) electrons. The third-order valence-corrected chi connectivity index (χ3v) is 2.63. The van der Waals surface area contributed by atoms with Crippen LogP contribution in [-0.4, -0.2) is 35.5 Å². The third-order valence-electron chi connectivity index (χ3n) is 2.63. The molecule has 98 valence electrons. The van der Waals surface area contributed by atoms with Crippen LogP contribution in [0.4, 0.5) is 0 Å². The van der Waals surface area contributed by atoms with Crippen LogP contribution in [0.1, 0.15) is 28.8 Å².